The lowest BCUT2D eigenvalue weighted by Crippen LogP contribution is -2.43. The number of carboxylic acid groups (broad SMARTS) is 1. The molecule has 2 rings (SSSR count). The van der Waals surface area contributed by atoms with Crippen molar-refractivity contribution in [2.45, 2.75) is 51.2 Å². The van der Waals surface area contributed by atoms with Crippen LogP contribution in [0.15, 0.2) is 12.1 Å². The number of amides is 1. The van der Waals surface area contributed by atoms with E-state index in [-0.39, 0.29) is 11.3 Å². The lowest BCUT2D eigenvalue weighted by molar-refractivity contribution is -0.143. The molecule has 0 aliphatic heterocycles. The van der Waals surface area contributed by atoms with E-state index in [2.05, 4.69) is 10.3 Å². The normalized spacial score (nSPS) is 21.8. The van der Waals surface area contributed by atoms with Crippen molar-refractivity contribution >= 4 is 11.9 Å². The van der Waals surface area contributed by atoms with Gasteiger partial charge in [0.25, 0.3) is 5.91 Å². The molecular formula is C16H19F3N2O3. The van der Waals surface area contributed by atoms with Gasteiger partial charge in [-0.05, 0) is 31.9 Å². The van der Waals surface area contributed by atoms with E-state index in [1.165, 1.54) is 6.92 Å². The van der Waals surface area contributed by atoms with Crippen molar-refractivity contribution in [1.82, 2.24) is 10.3 Å². The standard InChI is InChI=1S/C16H19F3N2O3/c1-9-10(7-8-13(20-9)16(17,18)19)14(22)21-12-6-4-2-3-5-11(12)15(23)24/h7-8,11-12H,2-6H2,1H3,(H,21,22)(H,23,24)/t11-,12+/m1/s1. The molecule has 1 aliphatic carbocycles. The summed E-state index contributed by atoms with van der Waals surface area (Å²) >= 11 is 0. The first-order chi connectivity index (χ1) is 11.2. The first-order valence-corrected chi connectivity index (χ1v) is 7.78. The highest BCUT2D eigenvalue weighted by molar-refractivity contribution is 5.95. The molecule has 132 valence electrons. The Kier molecular flexibility index (Phi) is 5.46. The van der Waals surface area contributed by atoms with E-state index < -0.39 is 35.7 Å². The Morgan fingerprint density at radius 2 is 1.88 bits per heavy atom. The van der Waals surface area contributed by atoms with Crippen molar-refractivity contribution in [3.63, 3.8) is 0 Å². The number of rotatable bonds is 3. The average molecular weight is 344 g/mol. The van der Waals surface area contributed by atoms with Gasteiger partial charge in [-0.1, -0.05) is 19.3 Å². The van der Waals surface area contributed by atoms with Crippen LogP contribution in [0.5, 0.6) is 0 Å². The minimum Gasteiger partial charge on any atom is -0.481 e. The van der Waals surface area contributed by atoms with Crippen molar-refractivity contribution in [3.05, 3.63) is 29.1 Å². The molecule has 1 amide bonds. The van der Waals surface area contributed by atoms with E-state index >= 15 is 0 Å². The molecule has 1 heterocycles. The predicted molar refractivity (Wildman–Crippen MR) is 79.4 cm³/mol. The van der Waals surface area contributed by atoms with Crippen LogP contribution in [0.3, 0.4) is 0 Å². The Bertz CT molecular complexity index is 631. The van der Waals surface area contributed by atoms with Gasteiger partial charge >= 0.3 is 12.1 Å². The monoisotopic (exact) mass is 344 g/mol. The quantitative estimate of drug-likeness (QED) is 0.826. The lowest BCUT2D eigenvalue weighted by atomic mass is 9.94. The molecule has 0 radical (unpaired) electrons. The molecule has 2 N–H and O–H groups in total. The molecule has 1 fully saturated rings. The molecule has 24 heavy (non-hydrogen) atoms. The summed E-state index contributed by atoms with van der Waals surface area (Å²) in [6, 6.07) is 1.30. The van der Waals surface area contributed by atoms with Gasteiger partial charge in [-0.15, -0.1) is 0 Å². The number of alkyl halides is 3. The third kappa shape index (κ3) is 4.24. The van der Waals surface area contributed by atoms with Gasteiger partial charge in [0.05, 0.1) is 17.2 Å². The van der Waals surface area contributed by atoms with E-state index in [1.807, 2.05) is 0 Å². The number of nitrogens with zero attached hydrogens (tertiary/aromatic N) is 1. The van der Waals surface area contributed by atoms with Gasteiger partial charge in [0, 0.05) is 6.04 Å². The molecule has 5 nitrogen and oxygen atoms in total. The van der Waals surface area contributed by atoms with Crippen LogP contribution in [0.25, 0.3) is 0 Å². The minimum atomic E-state index is -4.57. The van der Waals surface area contributed by atoms with Gasteiger partial charge < -0.3 is 10.4 Å². The molecule has 8 heteroatoms. The molecule has 1 aromatic rings. The molecule has 0 spiro atoms. The summed E-state index contributed by atoms with van der Waals surface area (Å²) in [5.41, 5.74) is -1.08. The molecule has 2 atom stereocenters. The highest BCUT2D eigenvalue weighted by atomic mass is 19.4. The molecule has 0 bridgehead atoms. The van der Waals surface area contributed by atoms with E-state index in [9.17, 15) is 27.9 Å². The minimum absolute atomic E-state index is 0.0244. The lowest BCUT2D eigenvalue weighted by Gasteiger charge is -2.23. The number of carbonyl (C=O) groups is 2. The predicted octanol–water partition coefficient (Wildman–Crippen LogP) is 3.17. The number of aliphatic carboxylic acids is 1. The van der Waals surface area contributed by atoms with E-state index in [0.717, 1.165) is 31.4 Å². The maximum absolute atomic E-state index is 12.6. The highest BCUT2D eigenvalue weighted by Gasteiger charge is 2.34. The SMILES string of the molecule is Cc1nc(C(F)(F)F)ccc1C(=O)N[C@H]1CCCCC[C@H]1C(=O)O. The summed E-state index contributed by atoms with van der Waals surface area (Å²) < 4.78 is 37.9. The van der Waals surface area contributed by atoms with E-state index in [1.54, 1.807) is 0 Å². The van der Waals surface area contributed by atoms with E-state index in [4.69, 9.17) is 0 Å². The van der Waals surface area contributed by atoms with E-state index in [0.29, 0.717) is 12.8 Å². The fourth-order valence-corrected chi connectivity index (χ4v) is 2.98. The molecular weight excluding hydrogens is 325 g/mol. The zero-order valence-electron chi connectivity index (χ0n) is 13.2. The van der Waals surface area contributed by atoms with Crippen LogP contribution in [0.4, 0.5) is 13.2 Å². The summed E-state index contributed by atoms with van der Waals surface area (Å²) in [7, 11) is 0. The second-order valence-corrected chi connectivity index (χ2v) is 5.99. The summed E-state index contributed by atoms with van der Waals surface area (Å²) in [4.78, 5) is 27.1. The summed E-state index contributed by atoms with van der Waals surface area (Å²) in [5, 5.41) is 12.0. The Morgan fingerprint density at radius 1 is 1.21 bits per heavy atom. The van der Waals surface area contributed by atoms with Crippen molar-refractivity contribution in [3.8, 4) is 0 Å². The molecule has 1 saturated carbocycles. The highest BCUT2D eigenvalue weighted by Crippen LogP contribution is 2.28. The maximum atomic E-state index is 12.6. The first-order valence-electron chi connectivity index (χ1n) is 7.78. The van der Waals surface area contributed by atoms with Crippen molar-refractivity contribution in [1.29, 1.82) is 0 Å². The van der Waals surface area contributed by atoms with Crippen LogP contribution < -0.4 is 5.32 Å². The van der Waals surface area contributed by atoms with Crippen LogP contribution in [-0.2, 0) is 11.0 Å². The Balaban J connectivity index is 2.17. The zero-order chi connectivity index (χ0) is 17.9. The molecule has 0 aromatic carbocycles. The van der Waals surface area contributed by atoms with Crippen molar-refractivity contribution in [2.75, 3.05) is 0 Å². The molecule has 0 saturated heterocycles. The Hall–Kier alpha value is -2.12. The van der Waals surface area contributed by atoms with Crippen molar-refractivity contribution < 1.29 is 27.9 Å². The second-order valence-electron chi connectivity index (χ2n) is 5.99. The Morgan fingerprint density at radius 3 is 2.46 bits per heavy atom. The Labute approximate surface area is 137 Å². The topological polar surface area (TPSA) is 79.3 Å². The van der Waals surface area contributed by atoms with Gasteiger partial charge in [-0.2, -0.15) is 13.2 Å². The third-order valence-electron chi connectivity index (χ3n) is 4.27. The number of hydrogen-bond donors (Lipinski definition) is 2. The molecule has 1 aliphatic rings. The van der Waals surface area contributed by atoms with Gasteiger partial charge in [0.2, 0.25) is 0 Å². The number of carboxylic acids is 1. The summed E-state index contributed by atoms with van der Waals surface area (Å²) in [6.45, 7) is 1.33. The summed E-state index contributed by atoms with van der Waals surface area (Å²) in [5.74, 6) is -2.24. The van der Waals surface area contributed by atoms with Crippen LogP contribution in [0.2, 0.25) is 0 Å². The number of hydrogen-bond acceptors (Lipinski definition) is 3. The van der Waals surface area contributed by atoms with Gasteiger partial charge in [-0.25, -0.2) is 4.98 Å². The fraction of sp³-hybridized carbons (Fsp3) is 0.562. The maximum Gasteiger partial charge on any atom is 0.433 e. The fourth-order valence-electron chi connectivity index (χ4n) is 2.98. The number of aromatic nitrogens is 1. The number of halogens is 3. The average Bonchev–Trinajstić information content (AvgIpc) is 2.71. The van der Waals surface area contributed by atoms with Gasteiger partial charge in [0.1, 0.15) is 5.69 Å². The van der Waals surface area contributed by atoms with Gasteiger partial charge in [0.15, 0.2) is 0 Å². The number of aryl methyl sites for hydroxylation is 1. The molecule has 0 unspecified atom stereocenters. The largest absolute Gasteiger partial charge is 0.481 e. The smallest absolute Gasteiger partial charge is 0.433 e. The molecule has 1 aromatic heterocycles. The van der Waals surface area contributed by atoms with Crippen LogP contribution in [-0.4, -0.2) is 28.0 Å². The third-order valence-corrected chi connectivity index (χ3v) is 4.27. The van der Waals surface area contributed by atoms with Crippen molar-refractivity contribution in [2.24, 2.45) is 5.92 Å². The number of carbonyl (C=O) groups excluding carboxylic acids is 1. The number of pyridine rings is 1. The number of nitrogens with one attached hydrogen (secondary N) is 1. The summed E-state index contributed by atoms with van der Waals surface area (Å²) in [6.07, 6.45) is -1.07. The van der Waals surface area contributed by atoms with Crippen LogP contribution >= 0.6 is 0 Å². The second kappa shape index (κ2) is 7.19. The van der Waals surface area contributed by atoms with Crippen LogP contribution in [0, 0.1) is 12.8 Å². The first kappa shape index (κ1) is 18.2. The zero-order valence-corrected chi connectivity index (χ0v) is 13.2. The van der Waals surface area contributed by atoms with Gasteiger partial charge in [-0.3, -0.25) is 9.59 Å². The van der Waals surface area contributed by atoms with Crippen LogP contribution in [0.1, 0.15) is 53.8 Å².